The summed E-state index contributed by atoms with van der Waals surface area (Å²) < 4.78 is 141. The fraction of sp³-hybridized carbons (Fsp3) is 0.933. The van der Waals surface area contributed by atoms with Crippen molar-refractivity contribution in [3.05, 3.63) is 0 Å². The minimum absolute atomic E-state index is 0.355. The Morgan fingerprint density at radius 1 is 0.903 bits per heavy atom. The van der Waals surface area contributed by atoms with Crippen molar-refractivity contribution in [2.75, 3.05) is 30.5 Å². The molecule has 2 rings (SSSR count). The van der Waals surface area contributed by atoms with Crippen LogP contribution in [0.1, 0.15) is 25.7 Å². The number of hydrogen-bond donors (Lipinski definition) is 0. The Kier molecular flexibility index (Phi) is 9.16. The summed E-state index contributed by atoms with van der Waals surface area (Å²) in [5, 5.41) is -7.11. The van der Waals surface area contributed by atoms with Crippen LogP contribution in [0.4, 0.5) is 39.5 Å². The van der Waals surface area contributed by atoms with E-state index in [1.54, 1.807) is 0 Å². The minimum Gasteiger partial charge on any atom is -0.743 e. The van der Waals surface area contributed by atoms with E-state index in [-0.39, 0.29) is 0 Å². The Hall–Kier alpha value is -0.740. The molecule has 0 radical (unpaired) electrons. The van der Waals surface area contributed by atoms with Crippen LogP contribution >= 0.6 is 0 Å². The van der Waals surface area contributed by atoms with E-state index in [0.717, 1.165) is 43.3 Å². The topological polar surface area (TPSA) is 83.5 Å². The van der Waals surface area contributed by atoms with Gasteiger partial charge >= 0.3 is 23.3 Å². The number of halogens is 9. The summed E-state index contributed by atoms with van der Waals surface area (Å²) >= 11 is 0. The third kappa shape index (κ3) is 6.41. The van der Waals surface area contributed by atoms with Crippen molar-refractivity contribution in [3.8, 4) is 0 Å². The molecule has 0 aromatic carbocycles. The molecule has 2 fully saturated rings. The summed E-state index contributed by atoms with van der Waals surface area (Å²) in [5.74, 6) is -10.7. The molecule has 1 saturated carbocycles. The maximum atomic E-state index is 12.2. The van der Waals surface area contributed by atoms with Gasteiger partial charge in [-0.25, -0.2) is 8.42 Å². The van der Waals surface area contributed by atoms with Crippen molar-refractivity contribution in [2.45, 2.75) is 49.0 Å². The highest BCUT2D eigenvalue weighted by molar-refractivity contribution is 7.97. The van der Waals surface area contributed by atoms with Crippen LogP contribution in [0.15, 0.2) is 0 Å². The fourth-order valence-electron chi connectivity index (χ4n) is 2.79. The van der Waals surface area contributed by atoms with E-state index in [1.807, 2.05) is 0 Å². The van der Waals surface area contributed by atoms with Gasteiger partial charge in [-0.3, -0.25) is 4.79 Å². The zero-order chi connectivity index (χ0) is 24.3. The first kappa shape index (κ1) is 28.3. The summed E-state index contributed by atoms with van der Waals surface area (Å²) in [6.45, 7) is 1.75. The largest absolute Gasteiger partial charge is 0.743 e. The van der Waals surface area contributed by atoms with E-state index < -0.39 is 33.4 Å². The van der Waals surface area contributed by atoms with E-state index in [9.17, 15) is 57.3 Å². The van der Waals surface area contributed by atoms with E-state index in [0.29, 0.717) is 22.6 Å². The van der Waals surface area contributed by atoms with Gasteiger partial charge in [0.25, 0.3) is 0 Å². The van der Waals surface area contributed by atoms with Gasteiger partial charge in [-0.2, -0.15) is 39.5 Å². The normalized spacial score (nSPS) is 20.3. The van der Waals surface area contributed by atoms with Crippen LogP contribution < -0.4 is 0 Å². The van der Waals surface area contributed by atoms with E-state index in [2.05, 4.69) is 0 Å². The number of hydrogen-bond acceptors (Lipinski definition) is 5. The molecule has 31 heavy (non-hydrogen) atoms. The predicted octanol–water partition coefficient (Wildman–Crippen LogP) is 3.35. The van der Waals surface area contributed by atoms with Gasteiger partial charge in [0.15, 0.2) is 21.7 Å². The van der Waals surface area contributed by atoms with Gasteiger partial charge in [0.2, 0.25) is 0 Å². The number of carbonyl (C=O) groups excluding carboxylic acids is 1. The van der Waals surface area contributed by atoms with Gasteiger partial charge in [-0.05, 0) is 23.7 Å². The average molecular weight is 514 g/mol. The number of Topliss-reactive ketones (excluding diaryl/α,β-unsaturated/α-hetero) is 1. The first-order valence-corrected chi connectivity index (χ1v) is 11.9. The SMILES string of the molecule is O=C(C[S+]1CCOCC1)C1CCCC1.O=S(=O)([O-])C(F)(F)C(F)(F)C(F)(F)C(F)(F)F. The second-order valence-electron chi connectivity index (χ2n) is 6.84. The number of carbonyl (C=O) groups is 1. The standard InChI is InChI=1S/C11H19O2S.C4HF9O3S/c12-11(10-3-1-2-4-10)9-14-7-5-13-6-8-14;5-1(6,3(9,10)11)2(7,8)4(12,13)17(14,15)16/h10H,1-9H2;(H,14,15,16)/q+1;/p-1. The monoisotopic (exact) mass is 514 g/mol. The zero-order valence-electron chi connectivity index (χ0n) is 15.7. The molecule has 1 saturated heterocycles. The zero-order valence-corrected chi connectivity index (χ0v) is 17.3. The quantitative estimate of drug-likeness (QED) is 0.309. The molecule has 0 unspecified atom stereocenters. The summed E-state index contributed by atoms with van der Waals surface area (Å²) in [6.07, 6.45) is -2.30. The molecule has 0 bridgehead atoms. The van der Waals surface area contributed by atoms with Gasteiger partial charge in [-0.1, -0.05) is 12.8 Å². The molecule has 0 aromatic rings. The van der Waals surface area contributed by atoms with E-state index in [1.165, 1.54) is 12.8 Å². The second kappa shape index (κ2) is 10.0. The van der Waals surface area contributed by atoms with Gasteiger partial charge in [0.05, 0.1) is 13.2 Å². The molecule has 0 spiro atoms. The van der Waals surface area contributed by atoms with Crippen molar-refractivity contribution < 1.29 is 62.0 Å². The van der Waals surface area contributed by atoms with Gasteiger partial charge in [-0.15, -0.1) is 0 Å². The highest BCUT2D eigenvalue weighted by Gasteiger charge is 2.83. The van der Waals surface area contributed by atoms with Crippen molar-refractivity contribution in [2.24, 2.45) is 5.92 Å². The minimum atomic E-state index is -7.43. The molecular weight excluding hydrogens is 495 g/mol. The molecule has 1 heterocycles. The highest BCUT2D eigenvalue weighted by atomic mass is 32.2. The molecule has 0 N–H and O–H groups in total. The van der Waals surface area contributed by atoms with E-state index >= 15 is 0 Å². The van der Waals surface area contributed by atoms with Crippen LogP contribution in [0.5, 0.6) is 0 Å². The molecule has 184 valence electrons. The summed E-state index contributed by atoms with van der Waals surface area (Å²) in [7, 11) is -7.06. The maximum Gasteiger partial charge on any atom is 0.460 e. The number of ketones is 1. The molecular formula is C15H19F9O5S2. The van der Waals surface area contributed by atoms with Crippen molar-refractivity contribution in [1.82, 2.24) is 0 Å². The lowest BCUT2D eigenvalue weighted by Crippen LogP contribution is -2.63. The van der Waals surface area contributed by atoms with Crippen LogP contribution in [0.3, 0.4) is 0 Å². The summed E-state index contributed by atoms with van der Waals surface area (Å²) in [6, 6.07) is 0. The molecule has 2 aliphatic rings. The van der Waals surface area contributed by atoms with Crippen molar-refractivity contribution in [3.63, 3.8) is 0 Å². The average Bonchev–Trinajstić information content (AvgIpc) is 3.15. The Morgan fingerprint density at radius 3 is 1.74 bits per heavy atom. The fourth-order valence-corrected chi connectivity index (χ4v) is 5.07. The number of rotatable bonds is 6. The van der Waals surface area contributed by atoms with Crippen LogP contribution in [0.2, 0.25) is 0 Å². The first-order chi connectivity index (χ1) is 13.9. The first-order valence-electron chi connectivity index (χ1n) is 8.76. The van der Waals surface area contributed by atoms with Crippen LogP contribution in [0.25, 0.3) is 0 Å². The second-order valence-corrected chi connectivity index (χ2v) is 10.6. The lowest BCUT2D eigenvalue weighted by Gasteiger charge is -2.34. The predicted molar refractivity (Wildman–Crippen MR) is 90.3 cm³/mol. The van der Waals surface area contributed by atoms with Crippen molar-refractivity contribution >= 4 is 26.8 Å². The molecule has 1 aliphatic heterocycles. The molecule has 5 nitrogen and oxygen atoms in total. The molecule has 16 heteroatoms. The third-order valence-electron chi connectivity index (χ3n) is 4.62. The highest BCUT2D eigenvalue weighted by Crippen LogP contribution is 2.54. The number of alkyl halides is 9. The van der Waals surface area contributed by atoms with Gasteiger partial charge < -0.3 is 9.29 Å². The van der Waals surface area contributed by atoms with Crippen molar-refractivity contribution in [1.29, 1.82) is 0 Å². The Labute approximate surface area is 174 Å². The lowest BCUT2D eigenvalue weighted by molar-refractivity contribution is -0.382. The van der Waals surface area contributed by atoms with Crippen LogP contribution in [0, 0.1) is 5.92 Å². The Morgan fingerprint density at radius 2 is 1.35 bits per heavy atom. The third-order valence-corrected chi connectivity index (χ3v) is 7.68. The molecule has 0 amide bonds. The van der Waals surface area contributed by atoms with E-state index in [4.69, 9.17) is 4.74 Å². The maximum absolute atomic E-state index is 12.2. The smallest absolute Gasteiger partial charge is 0.460 e. The van der Waals surface area contributed by atoms with Crippen LogP contribution in [-0.4, -0.2) is 72.5 Å². The molecule has 0 atom stereocenters. The lowest BCUT2D eigenvalue weighted by atomic mass is 10.0. The Balaban J connectivity index is 0.000000314. The van der Waals surface area contributed by atoms with Gasteiger partial charge in [0, 0.05) is 5.92 Å². The summed E-state index contributed by atoms with van der Waals surface area (Å²) in [5.41, 5.74) is 0. The van der Waals surface area contributed by atoms with Gasteiger partial charge in [0.1, 0.15) is 11.5 Å². The molecule has 1 aliphatic carbocycles. The summed E-state index contributed by atoms with van der Waals surface area (Å²) in [4.78, 5) is 11.9. The van der Waals surface area contributed by atoms with Crippen LogP contribution in [-0.2, 0) is 30.5 Å². The molecule has 0 aromatic heterocycles. The Bertz CT molecular complexity index is 713. The number of ether oxygens (including phenoxy) is 1.